The molecule has 3 N–H and O–H groups in total. The number of benzene rings is 1. The van der Waals surface area contributed by atoms with E-state index in [0.29, 0.717) is 5.56 Å². The van der Waals surface area contributed by atoms with Gasteiger partial charge in [-0.25, -0.2) is 5.84 Å². The monoisotopic (exact) mass is 229 g/mol. The Morgan fingerprint density at radius 1 is 1.41 bits per heavy atom. The molecular formula is C13H15N3O. The topological polar surface area (TPSA) is 60.0 Å². The molecule has 1 aliphatic carbocycles. The second-order valence-electron chi connectivity index (χ2n) is 4.51. The van der Waals surface area contributed by atoms with Crippen molar-refractivity contribution in [2.45, 2.75) is 19.3 Å². The van der Waals surface area contributed by atoms with Crippen LogP contribution in [0.4, 0.5) is 0 Å². The number of hydrogen-bond donors (Lipinski definition) is 2. The van der Waals surface area contributed by atoms with Crippen LogP contribution in [0.5, 0.6) is 0 Å². The molecule has 0 saturated heterocycles. The molecule has 88 valence electrons. The van der Waals surface area contributed by atoms with Gasteiger partial charge in [-0.1, -0.05) is 12.1 Å². The van der Waals surface area contributed by atoms with Gasteiger partial charge in [0, 0.05) is 18.1 Å². The van der Waals surface area contributed by atoms with Crippen molar-refractivity contribution in [3.8, 4) is 0 Å². The van der Waals surface area contributed by atoms with Crippen LogP contribution in [0.1, 0.15) is 28.0 Å². The first-order chi connectivity index (χ1) is 8.24. The third-order valence-electron chi connectivity index (χ3n) is 3.67. The van der Waals surface area contributed by atoms with E-state index in [0.717, 1.165) is 18.4 Å². The summed E-state index contributed by atoms with van der Waals surface area (Å²) in [6.45, 7) is 0. The van der Waals surface area contributed by atoms with Gasteiger partial charge < -0.3 is 4.57 Å². The van der Waals surface area contributed by atoms with Crippen LogP contribution in [0.2, 0.25) is 0 Å². The number of nitrogen functional groups attached to an aromatic ring is 1. The lowest BCUT2D eigenvalue weighted by Crippen LogP contribution is -2.30. The van der Waals surface area contributed by atoms with Gasteiger partial charge in [0.1, 0.15) is 0 Å². The van der Waals surface area contributed by atoms with Crippen LogP contribution in [0, 0.1) is 0 Å². The van der Waals surface area contributed by atoms with Gasteiger partial charge in [0.15, 0.2) is 0 Å². The van der Waals surface area contributed by atoms with Gasteiger partial charge >= 0.3 is 0 Å². The highest BCUT2D eigenvalue weighted by Crippen LogP contribution is 2.33. The molecule has 4 heteroatoms. The second kappa shape index (κ2) is 3.60. The van der Waals surface area contributed by atoms with E-state index < -0.39 is 0 Å². The van der Waals surface area contributed by atoms with Gasteiger partial charge in [-0.15, -0.1) is 0 Å². The lowest BCUT2D eigenvalue weighted by molar-refractivity contribution is 0.0955. The van der Waals surface area contributed by atoms with E-state index in [4.69, 9.17) is 5.84 Å². The SMILES string of the molecule is Cn1c2c(c3cccc(C(=O)NN)c31)CCC2. The Labute approximate surface area is 99.4 Å². The maximum Gasteiger partial charge on any atom is 0.267 e. The highest BCUT2D eigenvalue weighted by Gasteiger charge is 2.22. The second-order valence-corrected chi connectivity index (χ2v) is 4.51. The number of hydrazine groups is 1. The summed E-state index contributed by atoms with van der Waals surface area (Å²) < 4.78 is 2.14. The molecule has 1 amide bonds. The number of nitrogens with two attached hydrogens (primary N) is 1. The number of nitrogens with one attached hydrogen (secondary N) is 1. The molecule has 0 unspecified atom stereocenters. The van der Waals surface area contributed by atoms with Gasteiger partial charge in [-0.3, -0.25) is 10.2 Å². The lowest BCUT2D eigenvalue weighted by atomic mass is 10.1. The Balaban J connectivity index is 2.37. The van der Waals surface area contributed by atoms with E-state index in [-0.39, 0.29) is 5.91 Å². The number of para-hydroxylation sites is 1. The number of fused-ring (bicyclic) bond motifs is 3. The summed E-state index contributed by atoms with van der Waals surface area (Å²) in [5.41, 5.74) is 6.62. The minimum Gasteiger partial charge on any atom is -0.347 e. The first-order valence-corrected chi connectivity index (χ1v) is 5.84. The van der Waals surface area contributed by atoms with Crippen molar-refractivity contribution in [2.75, 3.05) is 0 Å². The summed E-state index contributed by atoms with van der Waals surface area (Å²) in [6, 6.07) is 5.83. The van der Waals surface area contributed by atoms with Crippen LogP contribution in [-0.2, 0) is 19.9 Å². The molecule has 17 heavy (non-hydrogen) atoms. The van der Waals surface area contributed by atoms with Crippen LogP contribution < -0.4 is 11.3 Å². The molecule has 4 nitrogen and oxygen atoms in total. The molecule has 1 aliphatic rings. The Morgan fingerprint density at radius 2 is 2.24 bits per heavy atom. The fraction of sp³-hybridized carbons (Fsp3) is 0.308. The number of hydrogen-bond acceptors (Lipinski definition) is 2. The summed E-state index contributed by atoms with van der Waals surface area (Å²) >= 11 is 0. The third kappa shape index (κ3) is 1.31. The Morgan fingerprint density at radius 3 is 3.00 bits per heavy atom. The van der Waals surface area contributed by atoms with Gasteiger partial charge in [0.05, 0.1) is 11.1 Å². The normalized spacial score (nSPS) is 14.0. The minimum absolute atomic E-state index is 0.227. The maximum absolute atomic E-state index is 11.8. The fourth-order valence-corrected chi connectivity index (χ4v) is 2.93. The number of amides is 1. The molecule has 0 fully saturated rings. The predicted molar refractivity (Wildman–Crippen MR) is 66.6 cm³/mol. The number of aromatic nitrogens is 1. The Bertz CT molecular complexity index is 613. The van der Waals surface area contributed by atoms with Crippen LogP contribution in [0.15, 0.2) is 18.2 Å². The van der Waals surface area contributed by atoms with Crippen LogP contribution in [0.3, 0.4) is 0 Å². The summed E-state index contributed by atoms with van der Waals surface area (Å²) in [5.74, 6) is 5.00. The number of rotatable bonds is 1. The summed E-state index contributed by atoms with van der Waals surface area (Å²) in [5, 5.41) is 1.20. The molecule has 1 aromatic carbocycles. The quantitative estimate of drug-likeness (QED) is 0.439. The average Bonchev–Trinajstić information content (AvgIpc) is 2.93. The molecule has 2 aromatic rings. The van der Waals surface area contributed by atoms with E-state index >= 15 is 0 Å². The van der Waals surface area contributed by atoms with Crippen molar-refractivity contribution < 1.29 is 4.79 Å². The van der Waals surface area contributed by atoms with E-state index in [1.54, 1.807) is 0 Å². The molecule has 3 rings (SSSR count). The summed E-state index contributed by atoms with van der Waals surface area (Å²) in [4.78, 5) is 11.8. The third-order valence-corrected chi connectivity index (χ3v) is 3.67. The first kappa shape index (κ1) is 10.4. The van der Waals surface area contributed by atoms with Crippen LogP contribution in [0.25, 0.3) is 10.9 Å². The number of nitrogens with zero attached hydrogens (tertiary/aromatic N) is 1. The molecule has 0 bridgehead atoms. The largest absolute Gasteiger partial charge is 0.347 e. The average molecular weight is 229 g/mol. The van der Waals surface area contributed by atoms with Crippen molar-refractivity contribution in [3.63, 3.8) is 0 Å². The van der Waals surface area contributed by atoms with Crippen molar-refractivity contribution in [2.24, 2.45) is 12.9 Å². The van der Waals surface area contributed by atoms with Crippen molar-refractivity contribution >= 4 is 16.8 Å². The molecule has 1 heterocycles. The van der Waals surface area contributed by atoms with Crippen molar-refractivity contribution in [1.82, 2.24) is 9.99 Å². The van der Waals surface area contributed by atoms with E-state index in [2.05, 4.69) is 16.1 Å². The lowest BCUT2D eigenvalue weighted by Gasteiger charge is -2.06. The van der Waals surface area contributed by atoms with Gasteiger partial charge in [0.25, 0.3) is 5.91 Å². The van der Waals surface area contributed by atoms with Gasteiger partial charge in [-0.05, 0) is 30.9 Å². The Kier molecular flexibility index (Phi) is 2.19. The fourth-order valence-electron chi connectivity index (χ4n) is 2.93. The zero-order valence-electron chi connectivity index (χ0n) is 9.79. The van der Waals surface area contributed by atoms with E-state index in [9.17, 15) is 4.79 Å². The van der Waals surface area contributed by atoms with E-state index in [1.165, 1.54) is 23.1 Å². The standard InChI is InChI=1S/C13H15N3O/c1-16-11-7-3-4-8(11)9-5-2-6-10(12(9)16)13(17)15-14/h2,5-6H,3-4,7,14H2,1H3,(H,15,17). The highest BCUT2D eigenvalue weighted by atomic mass is 16.2. The number of carbonyl (C=O) groups excluding carboxylic acids is 1. The minimum atomic E-state index is -0.227. The first-order valence-electron chi connectivity index (χ1n) is 5.84. The molecule has 0 radical (unpaired) electrons. The highest BCUT2D eigenvalue weighted by molar-refractivity contribution is 6.07. The Hall–Kier alpha value is -1.81. The predicted octanol–water partition coefficient (Wildman–Crippen LogP) is 1.27. The summed E-state index contributed by atoms with van der Waals surface area (Å²) in [7, 11) is 2.03. The summed E-state index contributed by atoms with van der Waals surface area (Å²) in [6.07, 6.45) is 3.42. The molecule has 0 atom stereocenters. The smallest absolute Gasteiger partial charge is 0.267 e. The molecule has 0 aliphatic heterocycles. The van der Waals surface area contributed by atoms with E-state index in [1.807, 2.05) is 19.2 Å². The number of carbonyl (C=O) groups is 1. The molecule has 0 saturated carbocycles. The maximum atomic E-state index is 11.8. The zero-order valence-corrected chi connectivity index (χ0v) is 9.79. The number of aryl methyl sites for hydroxylation is 2. The molecular weight excluding hydrogens is 214 g/mol. The zero-order chi connectivity index (χ0) is 12.0. The van der Waals surface area contributed by atoms with Crippen LogP contribution in [-0.4, -0.2) is 10.5 Å². The molecule has 0 spiro atoms. The van der Waals surface area contributed by atoms with Crippen LogP contribution >= 0.6 is 0 Å². The van der Waals surface area contributed by atoms with Gasteiger partial charge in [0.2, 0.25) is 0 Å². The van der Waals surface area contributed by atoms with Gasteiger partial charge in [-0.2, -0.15) is 0 Å². The van der Waals surface area contributed by atoms with Crippen molar-refractivity contribution in [3.05, 3.63) is 35.0 Å². The van der Waals surface area contributed by atoms with Crippen molar-refractivity contribution in [1.29, 1.82) is 0 Å². The molecule has 1 aromatic heterocycles.